The Morgan fingerprint density at radius 1 is 1.05 bits per heavy atom. The predicted octanol–water partition coefficient (Wildman–Crippen LogP) is 5.08. The lowest BCUT2D eigenvalue weighted by molar-refractivity contribution is 0.0815. The van der Waals surface area contributed by atoms with E-state index < -0.39 is 9.84 Å². The van der Waals surface area contributed by atoms with E-state index in [2.05, 4.69) is 39.2 Å². The first-order chi connectivity index (χ1) is 21.2. The molecule has 1 amide bonds. The number of hydrogen-bond acceptors (Lipinski definition) is 9. The number of amides is 1. The third-order valence-electron chi connectivity index (χ3n) is 9.63. The maximum atomic E-state index is 12.7. The van der Waals surface area contributed by atoms with E-state index in [4.69, 9.17) is 9.47 Å². The summed E-state index contributed by atoms with van der Waals surface area (Å²) >= 11 is 0. The molecule has 1 aromatic heterocycles. The third-order valence-corrected chi connectivity index (χ3v) is 11.3. The summed E-state index contributed by atoms with van der Waals surface area (Å²) in [6, 6.07) is 14.5. The van der Waals surface area contributed by atoms with Gasteiger partial charge in [-0.3, -0.25) is 4.90 Å². The van der Waals surface area contributed by atoms with Gasteiger partial charge in [0.2, 0.25) is 0 Å². The fourth-order valence-corrected chi connectivity index (χ4v) is 8.58. The zero-order valence-electron chi connectivity index (χ0n) is 25.2. The van der Waals surface area contributed by atoms with Crippen LogP contribution >= 0.6 is 0 Å². The van der Waals surface area contributed by atoms with Crippen LogP contribution in [0, 0.1) is 6.92 Å². The number of aromatic nitrogens is 2. The van der Waals surface area contributed by atoms with Gasteiger partial charge in [0.1, 0.15) is 40.4 Å². The van der Waals surface area contributed by atoms with Gasteiger partial charge in [-0.2, -0.15) is 0 Å². The molecule has 3 saturated heterocycles. The van der Waals surface area contributed by atoms with Crippen LogP contribution in [0.5, 0.6) is 5.75 Å². The van der Waals surface area contributed by atoms with Crippen molar-refractivity contribution in [1.29, 1.82) is 0 Å². The first-order valence-corrected chi connectivity index (χ1v) is 17.4. The highest BCUT2D eigenvalue weighted by Gasteiger charge is 2.39. The van der Waals surface area contributed by atoms with Crippen molar-refractivity contribution in [3.8, 4) is 5.75 Å². The summed E-state index contributed by atoms with van der Waals surface area (Å²) in [6.07, 6.45) is 3.15. The van der Waals surface area contributed by atoms with Gasteiger partial charge in [-0.05, 0) is 55.9 Å². The average Bonchev–Trinajstić information content (AvgIpc) is 3.41. The SMILES string of the molecule is Cc1cc(C2CN([C@@H]3CCN(C(=O)OCc4ccccc4)C3)C2)cc2c1O[C@H](C)c1c(ncnc1C1CCS(=O)(=O)CC1)N2. The predicted molar refractivity (Wildman–Crippen MR) is 167 cm³/mol. The minimum atomic E-state index is -2.97. The van der Waals surface area contributed by atoms with Crippen molar-refractivity contribution < 1.29 is 22.7 Å². The molecule has 11 heteroatoms. The molecule has 0 unspecified atom stereocenters. The summed E-state index contributed by atoms with van der Waals surface area (Å²) in [6.45, 7) is 7.70. The second kappa shape index (κ2) is 11.7. The van der Waals surface area contributed by atoms with Gasteiger partial charge in [-0.15, -0.1) is 0 Å². The number of nitrogens with one attached hydrogen (secondary N) is 1. The molecule has 2 aromatic carbocycles. The molecule has 44 heavy (non-hydrogen) atoms. The van der Waals surface area contributed by atoms with E-state index >= 15 is 0 Å². The number of carbonyl (C=O) groups excluding carboxylic acids is 1. The van der Waals surface area contributed by atoms with Crippen LogP contribution in [0.25, 0.3) is 0 Å². The second-order valence-electron chi connectivity index (χ2n) is 12.6. The van der Waals surface area contributed by atoms with Crippen molar-refractivity contribution in [3.63, 3.8) is 0 Å². The smallest absolute Gasteiger partial charge is 0.410 e. The van der Waals surface area contributed by atoms with Crippen LogP contribution < -0.4 is 10.1 Å². The Balaban J connectivity index is 1.00. The van der Waals surface area contributed by atoms with Crippen molar-refractivity contribution in [3.05, 3.63) is 76.7 Å². The molecule has 3 fully saturated rings. The monoisotopic (exact) mass is 617 g/mol. The van der Waals surface area contributed by atoms with Gasteiger partial charge in [-0.25, -0.2) is 23.2 Å². The molecule has 4 aliphatic heterocycles. The Morgan fingerprint density at radius 3 is 2.59 bits per heavy atom. The number of rotatable bonds is 5. The standard InChI is InChI=1S/C33H39N5O5S/c1-21-14-25(26-16-38(17-26)27-8-11-37(18-27)33(39)42-19-23-6-4-3-5-7-23)15-28-31(21)43-22(2)29-30(34-20-35-32(29)36-28)24-9-12-44(40,41)13-10-24/h3-7,14-15,20,22,24,26-27H,8-13,16-19H2,1-2H3,(H,34,35,36)/t22-,27-/m1/s1. The lowest BCUT2D eigenvalue weighted by Crippen LogP contribution is -2.51. The van der Waals surface area contributed by atoms with Crippen LogP contribution in [-0.4, -0.2) is 78.0 Å². The molecule has 0 aliphatic carbocycles. The lowest BCUT2D eigenvalue weighted by atomic mass is 9.88. The topological polar surface area (TPSA) is 114 Å². The fraction of sp³-hybridized carbons (Fsp3) is 0.485. The zero-order chi connectivity index (χ0) is 30.4. The molecule has 4 aliphatic rings. The summed E-state index contributed by atoms with van der Waals surface area (Å²) in [5.74, 6) is 2.39. The number of benzene rings is 2. The zero-order valence-corrected chi connectivity index (χ0v) is 26.1. The van der Waals surface area contributed by atoms with E-state index in [0.717, 1.165) is 65.7 Å². The number of sulfone groups is 1. The van der Waals surface area contributed by atoms with Gasteiger partial charge in [-0.1, -0.05) is 36.4 Å². The number of fused-ring (bicyclic) bond motifs is 2. The summed E-state index contributed by atoms with van der Waals surface area (Å²) in [5, 5.41) is 3.56. The van der Waals surface area contributed by atoms with Crippen LogP contribution in [0.4, 0.5) is 16.3 Å². The molecule has 0 radical (unpaired) electrons. The van der Waals surface area contributed by atoms with Crippen LogP contribution in [0.3, 0.4) is 0 Å². The van der Waals surface area contributed by atoms with Crippen LogP contribution in [-0.2, 0) is 21.2 Å². The van der Waals surface area contributed by atoms with E-state index in [0.29, 0.717) is 38.0 Å². The Labute approximate surface area is 258 Å². The minimum Gasteiger partial charge on any atom is -0.483 e. The van der Waals surface area contributed by atoms with Gasteiger partial charge in [0.25, 0.3) is 0 Å². The summed E-state index contributed by atoms with van der Waals surface area (Å²) in [5.41, 5.74) is 6.01. The molecule has 232 valence electrons. The molecular weight excluding hydrogens is 578 g/mol. The molecule has 3 aromatic rings. The Morgan fingerprint density at radius 2 is 1.82 bits per heavy atom. The van der Waals surface area contributed by atoms with Gasteiger partial charge in [0.15, 0.2) is 0 Å². The first kappa shape index (κ1) is 29.0. The second-order valence-corrected chi connectivity index (χ2v) is 14.9. The quantitative estimate of drug-likeness (QED) is 0.419. The molecule has 0 saturated carbocycles. The van der Waals surface area contributed by atoms with Crippen LogP contribution in [0.2, 0.25) is 0 Å². The Hall–Kier alpha value is -3.70. The number of aryl methyl sites for hydroxylation is 1. The number of carbonyl (C=O) groups is 1. The van der Waals surface area contributed by atoms with Gasteiger partial charge >= 0.3 is 6.09 Å². The van der Waals surface area contributed by atoms with Crippen LogP contribution in [0.1, 0.15) is 72.1 Å². The van der Waals surface area contributed by atoms with Gasteiger partial charge < -0.3 is 19.7 Å². The third kappa shape index (κ3) is 5.75. The maximum Gasteiger partial charge on any atom is 0.410 e. The molecular formula is C33H39N5O5S. The molecule has 2 atom stereocenters. The van der Waals surface area contributed by atoms with Gasteiger partial charge in [0.05, 0.1) is 28.5 Å². The van der Waals surface area contributed by atoms with E-state index in [1.807, 2.05) is 42.2 Å². The summed E-state index contributed by atoms with van der Waals surface area (Å²) < 4.78 is 36.2. The van der Waals surface area contributed by atoms with E-state index in [-0.39, 0.29) is 29.6 Å². The molecule has 1 N–H and O–H groups in total. The number of hydrogen-bond donors (Lipinski definition) is 1. The first-order valence-electron chi connectivity index (χ1n) is 15.6. The number of ether oxygens (including phenoxy) is 2. The number of anilines is 2. The highest BCUT2D eigenvalue weighted by molar-refractivity contribution is 7.91. The largest absolute Gasteiger partial charge is 0.483 e. The average molecular weight is 618 g/mol. The number of likely N-dealkylation sites (tertiary alicyclic amines) is 2. The molecule has 0 bridgehead atoms. The van der Waals surface area contributed by atoms with Crippen molar-refractivity contribution >= 4 is 27.4 Å². The summed E-state index contributed by atoms with van der Waals surface area (Å²) in [4.78, 5) is 26.2. The van der Waals surface area contributed by atoms with Crippen LogP contribution in [0.15, 0.2) is 48.8 Å². The van der Waals surface area contributed by atoms with E-state index in [1.165, 1.54) is 5.56 Å². The van der Waals surface area contributed by atoms with Crippen molar-refractivity contribution in [2.75, 3.05) is 43.0 Å². The van der Waals surface area contributed by atoms with E-state index in [1.54, 1.807) is 6.33 Å². The molecule has 10 nitrogen and oxygen atoms in total. The molecule has 7 rings (SSSR count). The Kier molecular flexibility index (Phi) is 7.70. The summed E-state index contributed by atoms with van der Waals surface area (Å²) in [7, 11) is -2.97. The van der Waals surface area contributed by atoms with Gasteiger partial charge in [0, 0.05) is 44.1 Å². The molecule has 5 heterocycles. The van der Waals surface area contributed by atoms with Crippen molar-refractivity contribution in [1.82, 2.24) is 19.8 Å². The Bertz CT molecular complexity index is 1650. The highest BCUT2D eigenvalue weighted by atomic mass is 32.2. The number of nitrogens with zero attached hydrogens (tertiary/aromatic N) is 4. The fourth-order valence-electron chi connectivity index (χ4n) is 7.09. The minimum absolute atomic E-state index is 0.0687. The highest BCUT2D eigenvalue weighted by Crippen LogP contribution is 2.45. The van der Waals surface area contributed by atoms with Crippen molar-refractivity contribution in [2.45, 2.75) is 63.7 Å². The molecule has 0 spiro atoms. The lowest BCUT2D eigenvalue weighted by Gasteiger charge is -2.43. The van der Waals surface area contributed by atoms with E-state index in [9.17, 15) is 13.2 Å². The normalized spacial score (nSPS) is 23.5. The maximum absolute atomic E-state index is 12.7. The van der Waals surface area contributed by atoms with Crippen molar-refractivity contribution in [2.24, 2.45) is 0 Å².